The zero-order valence-electron chi connectivity index (χ0n) is 16.3. The fraction of sp³-hybridized carbons (Fsp3) is 0.364. The van der Waals surface area contributed by atoms with Gasteiger partial charge in [-0.2, -0.15) is 0 Å². The highest BCUT2D eigenvalue weighted by molar-refractivity contribution is 7.81. The summed E-state index contributed by atoms with van der Waals surface area (Å²) in [5, 5.41) is 3.43. The number of rotatable bonds is 6. The first kappa shape index (κ1) is 19.1. The van der Waals surface area contributed by atoms with Crippen LogP contribution in [0.15, 0.2) is 54.6 Å². The van der Waals surface area contributed by atoms with Crippen molar-refractivity contribution in [2.75, 3.05) is 38.2 Å². The molecule has 1 aliphatic rings. The third-order valence-electron chi connectivity index (χ3n) is 5.27. The maximum Gasteiger partial charge on any atom is 0.318 e. The van der Waals surface area contributed by atoms with Crippen LogP contribution in [-0.2, 0) is 17.8 Å². The molecule has 0 spiro atoms. The van der Waals surface area contributed by atoms with E-state index in [0.717, 1.165) is 62.4 Å². The topological polar surface area (TPSA) is 33.3 Å². The molecule has 6 heteroatoms. The number of hydrogen-bond acceptors (Lipinski definition) is 3. The molecular formula is C22H27N4OS+. The summed E-state index contributed by atoms with van der Waals surface area (Å²) in [5.41, 5.74) is 3.46. The predicted molar refractivity (Wildman–Crippen MR) is 117 cm³/mol. The third-order valence-corrected chi connectivity index (χ3v) is 5.55. The average molecular weight is 396 g/mol. The van der Waals surface area contributed by atoms with Crippen LogP contribution in [0, 0.1) is 0 Å². The summed E-state index contributed by atoms with van der Waals surface area (Å²) in [5.74, 6) is 1.07. The summed E-state index contributed by atoms with van der Waals surface area (Å²) < 4.78 is 10.2. The molecule has 4 rings (SSSR count). The number of hydrogen-bond donors (Lipinski definition) is 1. The lowest BCUT2D eigenvalue weighted by Gasteiger charge is -2.25. The number of imidazole rings is 1. The smallest absolute Gasteiger partial charge is 0.318 e. The Morgan fingerprint density at radius 3 is 2.54 bits per heavy atom. The second kappa shape index (κ2) is 8.82. The quantitative estimate of drug-likeness (QED) is 0.514. The highest BCUT2D eigenvalue weighted by atomic mass is 32.1. The van der Waals surface area contributed by atoms with Crippen LogP contribution < -0.4 is 9.88 Å². The van der Waals surface area contributed by atoms with Gasteiger partial charge in [0, 0.05) is 25.3 Å². The van der Waals surface area contributed by atoms with E-state index in [0.29, 0.717) is 0 Å². The fourth-order valence-corrected chi connectivity index (χ4v) is 4.20. The largest absolute Gasteiger partial charge is 0.379 e. The molecule has 2 heterocycles. The van der Waals surface area contributed by atoms with Crippen molar-refractivity contribution in [3.63, 3.8) is 0 Å². The van der Waals surface area contributed by atoms with E-state index in [9.17, 15) is 0 Å². The van der Waals surface area contributed by atoms with Gasteiger partial charge < -0.3 is 10.1 Å². The summed E-state index contributed by atoms with van der Waals surface area (Å²) >= 11 is 5.87. The van der Waals surface area contributed by atoms with Crippen molar-refractivity contribution in [2.45, 2.75) is 20.0 Å². The molecule has 2 aromatic carbocycles. The zero-order valence-corrected chi connectivity index (χ0v) is 17.1. The van der Waals surface area contributed by atoms with Crippen molar-refractivity contribution in [1.82, 2.24) is 9.47 Å². The third kappa shape index (κ3) is 3.94. The van der Waals surface area contributed by atoms with Gasteiger partial charge in [0.25, 0.3) is 0 Å². The Bertz CT molecular complexity index is 948. The average Bonchev–Trinajstić information content (AvgIpc) is 3.07. The molecule has 0 aliphatic carbocycles. The predicted octanol–water partition coefficient (Wildman–Crippen LogP) is 3.07. The Morgan fingerprint density at radius 2 is 1.79 bits per heavy atom. The Hall–Kier alpha value is -2.28. The molecule has 0 unspecified atom stereocenters. The number of thiocarbonyl (C=S) groups is 1. The standard InChI is InChI=1S/C22H26N4OS/c1-2-25-19-10-6-7-11-20(19)26(13-12-24-14-16-27-17-15-24)22(25)21(28)23-18-8-4-3-5-9-18/h3-11H,2,12-17H2,1H3/p+1. The maximum absolute atomic E-state index is 5.87. The number of nitrogens with zero attached hydrogens (tertiary/aromatic N) is 3. The second-order valence-corrected chi connectivity index (χ2v) is 7.39. The van der Waals surface area contributed by atoms with Gasteiger partial charge in [-0.25, -0.2) is 9.13 Å². The summed E-state index contributed by atoms with van der Waals surface area (Å²) in [6, 6.07) is 18.7. The van der Waals surface area contributed by atoms with Crippen molar-refractivity contribution in [1.29, 1.82) is 0 Å². The molecule has 0 bridgehead atoms. The highest BCUT2D eigenvalue weighted by Gasteiger charge is 2.28. The van der Waals surface area contributed by atoms with Gasteiger partial charge in [-0.1, -0.05) is 42.5 Å². The first-order valence-electron chi connectivity index (χ1n) is 9.95. The van der Waals surface area contributed by atoms with Crippen molar-refractivity contribution in [3.8, 4) is 0 Å². The van der Waals surface area contributed by atoms with Crippen LogP contribution in [-0.4, -0.2) is 47.3 Å². The minimum absolute atomic E-state index is 0.756. The number of anilines is 1. The monoisotopic (exact) mass is 395 g/mol. The van der Waals surface area contributed by atoms with Gasteiger partial charge in [0.05, 0.1) is 19.8 Å². The number of aryl methyl sites for hydroxylation is 1. The van der Waals surface area contributed by atoms with E-state index in [1.54, 1.807) is 0 Å². The molecule has 3 aromatic rings. The van der Waals surface area contributed by atoms with Crippen LogP contribution in [0.4, 0.5) is 5.69 Å². The van der Waals surface area contributed by atoms with Crippen LogP contribution in [0.3, 0.4) is 0 Å². The minimum atomic E-state index is 0.756. The molecule has 0 atom stereocenters. The first-order chi connectivity index (χ1) is 13.8. The number of nitrogens with one attached hydrogen (secondary N) is 1. The molecule has 0 saturated carbocycles. The SMILES string of the molecule is CCn1c(C(=S)Nc2ccccc2)[n+](CCN2CCOCC2)c2ccccc21. The molecule has 1 N–H and O–H groups in total. The van der Waals surface area contributed by atoms with Gasteiger partial charge in [0.2, 0.25) is 0 Å². The Kier molecular flexibility index (Phi) is 6.00. The van der Waals surface area contributed by atoms with Crippen LogP contribution >= 0.6 is 12.2 Å². The molecule has 0 radical (unpaired) electrons. The van der Waals surface area contributed by atoms with E-state index in [4.69, 9.17) is 17.0 Å². The molecule has 1 fully saturated rings. The number of ether oxygens (including phenoxy) is 1. The summed E-state index contributed by atoms with van der Waals surface area (Å²) in [7, 11) is 0. The van der Waals surface area contributed by atoms with Crippen molar-refractivity contribution in [2.24, 2.45) is 0 Å². The van der Waals surface area contributed by atoms with Crippen LogP contribution in [0.25, 0.3) is 11.0 Å². The van der Waals surface area contributed by atoms with Gasteiger partial charge >= 0.3 is 5.82 Å². The normalized spacial score (nSPS) is 15.0. The van der Waals surface area contributed by atoms with E-state index in [2.05, 4.69) is 50.5 Å². The number of morpholine rings is 1. The van der Waals surface area contributed by atoms with Gasteiger partial charge in [-0.05, 0) is 31.2 Å². The molecule has 146 valence electrons. The molecule has 0 amide bonds. The zero-order chi connectivity index (χ0) is 19.3. The van der Waals surface area contributed by atoms with E-state index in [-0.39, 0.29) is 0 Å². The summed E-state index contributed by atoms with van der Waals surface area (Å²) in [6.45, 7) is 8.57. The number of fused-ring (bicyclic) bond motifs is 1. The molecular weight excluding hydrogens is 368 g/mol. The van der Waals surface area contributed by atoms with Crippen molar-refractivity contribution >= 4 is 33.9 Å². The Morgan fingerprint density at radius 1 is 1.07 bits per heavy atom. The van der Waals surface area contributed by atoms with E-state index >= 15 is 0 Å². The van der Waals surface area contributed by atoms with E-state index in [1.807, 2.05) is 30.3 Å². The minimum Gasteiger partial charge on any atom is -0.379 e. The Balaban J connectivity index is 1.69. The van der Waals surface area contributed by atoms with Crippen LogP contribution in [0.1, 0.15) is 12.7 Å². The molecule has 1 aromatic heterocycles. The van der Waals surface area contributed by atoms with E-state index in [1.165, 1.54) is 11.0 Å². The lowest BCUT2D eigenvalue weighted by Crippen LogP contribution is -2.48. The lowest BCUT2D eigenvalue weighted by atomic mass is 10.3. The fourth-order valence-electron chi connectivity index (χ4n) is 3.86. The Labute approximate surface area is 171 Å². The van der Waals surface area contributed by atoms with Crippen LogP contribution in [0.2, 0.25) is 0 Å². The molecule has 1 saturated heterocycles. The summed E-state index contributed by atoms with van der Waals surface area (Å²) in [4.78, 5) is 3.22. The summed E-state index contributed by atoms with van der Waals surface area (Å²) in [6.07, 6.45) is 0. The van der Waals surface area contributed by atoms with Gasteiger partial charge in [0.15, 0.2) is 16.0 Å². The number of para-hydroxylation sites is 3. The number of aromatic nitrogens is 2. The van der Waals surface area contributed by atoms with Gasteiger partial charge in [-0.15, -0.1) is 0 Å². The maximum atomic E-state index is 5.87. The van der Waals surface area contributed by atoms with Crippen molar-refractivity contribution < 1.29 is 9.30 Å². The van der Waals surface area contributed by atoms with Gasteiger partial charge in [0.1, 0.15) is 6.54 Å². The highest BCUT2D eigenvalue weighted by Crippen LogP contribution is 2.17. The first-order valence-corrected chi connectivity index (χ1v) is 10.4. The molecule has 1 aliphatic heterocycles. The van der Waals surface area contributed by atoms with Gasteiger partial charge in [-0.3, -0.25) is 4.90 Å². The van der Waals surface area contributed by atoms with Crippen molar-refractivity contribution in [3.05, 3.63) is 60.4 Å². The molecule has 5 nitrogen and oxygen atoms in total. The number of benzene rings is 2. The molecule has 28 heavy (non-hydrogen) atoms. The van der Waals surface area contributed by atoms with E-state index < -0.39 is 0 Å². The lowest BCUT2D eigenvalue weighted by molar-refractivity contribution is -0.673. The van der Waals surface area contributed by atoms with Crippen LogP contribution in [0.5, 0.6) is 0 Å². The second-order valence-electron chi connectivity index (χ2n) is 6.98.